The summed E-state index contributed by atoms with van der Waals surface area (Å²) in [5.74, 6) is 1.13. The Labute approximate surface area is 117 Å². The lowest BCUT2D eigenvalue weighted by molar-refractivity contribution is -0.0332. The van der Waals surface area contributed by atoms with E-state index in [1.807, 2.05) is 0 Å². The van der Waals surface area contributed by atoms with Crippen molar-refractivity contribution in [1.29, 1.82) is 0 Å². The van der Waals surface area contributed by atoms with Crippen molar-refractivity contribution in [3.05, 3.63) is 26.7 Å². The molecular formula is C15H19BrO2. The van der Waals surface area contributed by atoms with Crippen LogP contribution in [0.1, 0.15) is 35.1 Å². The van der Waals surface area contributed by atoms with Gasteiger partial charge in [0.15, 0.2) is 0 Å². The van der Waals surface area contributed by atoms with Crippen molar-refractivity contribution < 1.29 is 9.47 Å². The Balaban J connectivity index is 2.07. The molecular weight excluding hydrogens is 292 g/mol. The maximum absolute atomic E-state index is 6.38. The molecule has 3 rings (SSSR count). The van der Waals surface area contributed by atoms with Gasteiger partial charge in [-0.3, -0.25) is 0 Å². The number of rotatable bonds is 0. The molecule has 0 saturated carbocycles. The predicted molar refractivity (Wildman–Crippen MR) is 75.5 cm³/mol. The summed E-state index contributed by atoms with van der Waals surface area (Å²) in [5, 5.41) is 0. The van der Waals surface area contributed by atoms with E-state index in [1.54, 1.807) is 0 Å². The molecule has 0 N–H and O–H groups in total. The zero-order valence-corrected chi connectivity index (χ0v) is 12.8. The molecule has 0 aliphatic carbocycles. The molecule has 0 aromatic heterocycles. The predicted octanol–water partition coefficient (Wildman–Crippen LogP) is 3.86. The van der Waals surface area contributed by atoms with Crippen molar-refractivity contribution >= 4 is 15.9 Å². The molecule has 0 atom stereocenters. The van der Waals surface area contributed by atoms with E-state index in [4.69, 9.17) is 9.47 Å². The van der Waals surface area contributed by atoms with Gasteiger partial charge in [-0.15, -0.1) is 0 Å². The normalized spacial score (nSPS) is 20.9. The average Bonchev–Trinajstić information content (AvgIpc) is 2.74. The number of ether oxygens (including phenoxy) is 2. The van der Waals surface area contributed by atoms with E-state index in [0.29, 0.717) is 0 Å². The lowest BCUT2D eigenvalue weighted by Crippen LogP contribution is -2.40. The fourth-order valence-corrected chi connectivity index (χ4v) is 3.63. The Morgan fingerprint density at radius 3 is 2.33 bits per heavy atom. The van der Waals surface area contributed by atoms with Gasteiger partial charge in [-0.25, -0.2) is 0 Å². The Kier molecular flexibility index (Phi) is 2.94. The molecule has 2 aliphatic rings. The highest BCUT2D eigenvalue weighted by Gasteiger charge is 2.42. The summed E-state index contributed by atoms with van der Waals surface area (Å²) in [7, 11) is 0. The van der Waals surface area contributed by atoms with Gasteiger partial charge in [-0.1, -0.05) is 15.9 Å². The van der Waals surface area contributed by atoms with E-state index in [1.165, 1.54) is 26.7 Å². The van der Waals surface area contributed by atoms with E-state index in [2.05, 4.69) is 36.7 Å². The molecule has 0 radical (unpaired) electrons. The van der Waals surface area contributed by atoms with Gasteiger partial charge in [0.25, 0.3) is 0 Å². The van der Waals surface area contributed by atoms with Crippen LogP contribution in [0.2, 0.25) is 0 Å². The Morgan fingerprint density at radius 2 is 1.67 bits per heavy atom. The number of halogens is 1. The molecule has 1 spiro atoms. The SMILES string of the molecule is Cc1c(C)c2c(c(C)c1Br)CC1(CCOCC1)O2. The lowest BCUT2D eigenvalue weighted by atomic mass is 9.87. The maximum atomic E-state index is 6.38. The van der Waals surface area contributed by atoms with Crippen LogP contribution in [0.5, 0.6) is 5.75 Å². The first-order valence-electron chi connectivity index (χ1n) is 6.59. The van der Waals surface area contributed by atoms with Gasteiger partial charge in [-0.05, 0) is 37.5 Å². The van der Waals surface area contributed by atoms with Crippen molar-refractivity contribution in [3.8, 4) is 5.75 Å². The van der Waals surface area contributed by atoms with E-state index in [0.717, 1.165) is 38.2 Å². The summed E-state index contributed by atoms with van der Waals surface area (Å²) in [4.78, 5) is 0. The largest absolute Gasteiger partial charge is 0.486 e. The van der Waals surface area contributed by atoms with Gasteiger partial charge >= 0.3 is 0 Å². The number of hydrogen-bond donors (Lipinski definition) is 0. The molecule has 2 aliphatic heterocycles. The third-order valence-electron chi connectivity index (χ3n) is 4.51. The summed E-state index contributed by atoms with van der Waals surface area (Å²) < 4.78 is 13.1. The minimum atomic E-state index is 0.00331. The smallest absolute Gasteiger partial charge is 0.127 e. The molecule has 18 heavy (non-hydrogen) atoms. The Hall–Kier alpha value is -0.540. The minimum absolute atomic E-state index is 0.00331. The zero-order valence-electron chi connectivity index (χ0n) is 11.2. The zero-order chi connectivity index (χ0) is 12.9. The van der Waals surface area contributed by atoms with Crippen LogP contribution in [0, 0.1) is 20.8 Å². The fraction of sp³-hybridized carbons (Fsp3) is 0.600. The number of fused-ring (bicyclic) bond motifs is 1. The number of benzene rings is 1. The van der Waals surface area contributed by atoms with Crippen LogP contribution < -0.4 is 4.74 Å². The molecule has 1 fully saturated rings. The standard InChI is InChI=1S/C15H19BrO2/c1-9-10(2)14-12(11(3)13(9)16)8-15(18-14)4-6-17-7-5-15/h4-8H2,1-3H3. The van der Waals surface area contributed by atoms with Crippen molar-refractivity contribution in [2.45, 2.75) is 45.6 Å². The average molecular weight is 311 g/mol. The van der Waals surface area contributed by atoms with Crippen LogP contribution in [-0.2, 0) is 11.2 Å². The summed E-state index contributed by atoms with van der Waals surface area (Å²) in [5.41, 5.74) is 5.33. The van der Waals surface area contributed by atoms with Gasteiger partial charge in [-0.2, -0.15) is 0 Å². The number of hydrogen-bond acceptors (Lipinski definition) is 2. The van der Waals surface area contributed by atoms with E-state index >= 15 is 0 Å². The molecule has 1 saturated heterocycles. The second-order valence-electron chi connectivity index (χ2n) is 5.57. The van der Waals surface area contributed by atoms with E-state index in [9.17, 15) is 0 Å². The van der Waals surface area contributed by atoms with Gasteiger partial charge in [0.05, 0.1) is 13.2 Å². The summed E-state index contributed by atoms with van der Waals surface area (Å²) in [6.07, 6.45) is 3.06. The lowest BCUT2D eigenvalue weighted by Gasteiger charge is -2.32. The van der Waals surface area contributed by atoms with Gasteiger partial charge < -0.3 is 9.47 Å². The second kappa shape index (κ2) is 4.24. The topological polar surface area (TPSA) is 18.5 Å². The fourth-order valence-electron chi connectivity index (χ4n) is 3.09. The molecule has 0 amide bonds. The first-order valence-corrected chi connectivity index (χ1v) is 7.38. The van der Waals surface area contributed by atoms with Crippen molar-refractivity contribution in [1.82, 2.24) is 0 Å². The van der Waals surface area contributed by atoms with Crippen LogP contribution in [0.3, 0.4) is 0 Å². The Morgan fingerprint density at radius 1 is 1.00 bits per heavy atom. The van der Waals surface area contributed by atoms with Crippen LogP contribution in [-0.4, -0.2) is 18.8 Å². The highest BCUT2D eigenvalue weighted by molar-refractivity contribution is 9.10. The second-order valence-corrected chi connectivity index (χ2v) is 6.36. The summed E-state index contributed by atoms with van der Waals surface area (Å²) in [6.45, 7) is 8.16. The summed E-state index contributed by atoms with van der Waals surface area (Å²) >= 11 is 3.72. The first kappa shape index (κ1) is 12.5. The Bertz CT molecular complexity index is 463. The highest BCUT2D eigenvalue weighted by atomic mass is 79.9. The molecule has 2 nitrogen and oxygen atoms in total. The van der Waals surface area contributed by atoms with Crippen LogP contribution in [0.4, 0.5) is 0 Å². The van der Waals surface area contributed by atoms with E-state index in [-0.39, 0.29) is 5.60 Å². The van der Waals surface area contributed by atoms with Crippen LogP contribution in [0.15, 0.2) is 4.47 Å². The quantitative estimate of drug-likeness (QED) is 0.724. The molecule has 1 aromatic rings. The van der Waals surface area contributed by atoms with Crippen LogP contribution >= 0.6 is 15.9 Å². The monoisotopic (exact) mass is 310 g/mol. The molecule has 0 bridgehead atoms. The first-order chi connectivity index (χ1) is 8.54. The molecule has 98 valence electrons. The van der Waals surface area contributed by atoms with E-state index < -0.39 is 0 Å². The van der Waals surface area contributed by atoms with Crippen molar-refractivity contribution in [2.24, 2.45) is 0 Å². The molecule has 1 aromatic carbocycles. The molecule has 2 heterocycles. The van der Waals surface area contributed by atoms with Gasteiger partial charge in [0.2, 0.25) is 0 Å². The van der Waals surface area contributed by atoms with Gasteiger partial charge in [0.1, 0.15) is 11.4 Å². The summed E-state index contributed by atoms with van der Waals surface area (Å²) in [6, 6.07) is 0. The third kappa shape index (κ3) is 1.71. The third-order valence-corrected chi connectivity index (χ3v) is 5.70. The highest BCUT2D eigenvalue weighted by Crippen LogP contribution is 2.47. The molecule has 3 heteroatoms. The van der Waals surface area contributed by atoms with Gasteiger partial charge in [0, 0.05) is 29.3 Å². The molecule has 0 unspecified atom stereocenters. The van der Waals surface area contributed by atoms with Crippen molar-refractivity contribution in [2.75, 3.05) is 13.2 Å². The van der Waals surface area contributed by atoms with Crippen LogP contribution in [0.25, 0.3) is 0 Å². The van der Waals surface area contributed by atoms with Crippen molar-refractivity contribution in [3.63, 3.8) is 0 Å². The maximum Gasteiger partial charge on any atom is 0.127 e. The minimum Gasteiger partial charge on any atom is -0.486 e.